The van der Waals surface area contributed by atoms with E-state index in [4.69, 9.17) is 9.84 Å². The van der Waals surface area contributed by atoms with Crippen LogP contribution in [0, 0.1) is 0 Å². The molecule has 2 unspecified atom stereocenters. The molecule has 0 bridgehead atoms. The standard InChI is InChI=1S/C11H10O5/c1-5-10-6(4-9(16-5)11(14)15)7(12)2-3-8(10)13/h2-3,5,9H,4H2,1H3,(H,14,15). The van der Waals surface area contributed by atoms with Crippen LogP contribution < -0.4 is 0 Å². The molecule has 5 nitrogen and oxygen atoms in total. The second kappa shape index (κ2) is 3.68. The summed E-state index contributed by atoms with van der Waals surface area (Å²) >= 11 is 0. The third kappa shape index (κ3) is 1.59. The van der Waals surface area contributed by atoms with Crippen LogP contribution in [0.3, 0.4) is 0 Å². The number of carboxylic acids is 1. The Morgan fingerprint density at radius 3 is 2.62 bits per heavy atom. The van der Waals surface area contributed by atoms with Crippen molar-refractivity contribution >= 4 is 17.5 Å². The molecule has 0 saturated carbocycles. The Morgan fingerprint density at radius 2 is 2.00 bits per heavy atom. The van der Waals surface area contributed by atoms with Gasteiger partial charge >= 0.3 is 5.97 Å². The lowest BCUT2D eigenvalue weighted by Crippen LogP contribution is -2.38. The quantitative estimate of drug-likeness (QED) is 0.643. The number of aliphatic carboxylic acids is 1. The van der Waals surface area contributed by atoms with E-state index in [9.17, 15) is 14.4 Å². The number of hydrogen-bond donors (Lipinski definition) is 1. The van der Waals surface area contributed by atoms with Crippen molar-refractivity contribution < 1.29 is 24.2 Å². The van der Waals surface area contributed by atoms with E-state index in [0.29, 0.717) is 5.57 Å². The third-order valence-electron chi connectivity index (χ3n) is 2.71. The van der Waals surface area contributed by atoms with Crippen molar-refractivity contribution in [3.63, 3.8) is 0 Å². The zero-order chi connectivity index (χ0) is 11.9. The van der Waals surface area contributed by atoms with Crippen LogP contribution in [0.25, 0.3) is 0 Å². The Morgan fingerprint density at radius 1 is 1.38 bits per heavy atom. The number of carbonyl (C=O) groups excluding carboxylic acids is 2. The Kier molecular flexibility index (Phi) is 2.47. The maximum Gasteiger partial charge on any atom is 0.333 e. The molecule has 1 N–H and O–H groups in total. The van der Waals surface area contributed by atoms with Crippen LogP contribution in [0.5, 0.6) is 0 Å². The van der Waals surface area contributed by atoms with Crippen molar-refractivity contribution in [3.8, 4) is 0 Å². The number of allylic oxidation sites excluding steroid dienone is 2. The van der Waals surface area contributed by atoms with Gasteiger partial charge in [0.25, 0.3) is 0 Å². The van der Waals surface area contributed by atoms with E-state index in [1.54, 1.807) is 6.92 Å². The van der Waals surface area contributed by atoms with Crippen LogP contribution in [0.15, 0.2) is 23.3 Å². The molecule has 0 fully saturated rings. The van der Waals surface area contributed by atoms with Crippen LogP contribution in [0.2, 0.25) is 0 Å². The van der Waals surface area contributed by atoms with Gasteiger partial charge in [-0.2, -0.15) is 0 Å². The molecule has 0 amide bonds. The molecule has 0 radical (unpaired) electrons. The van der Waals surface area contributed by atoms with E-state index in [2.05, 4.69) is 0 Å². The summed E-state index contributed by atoms with van der Waals surface area (Å²) in [5, 5.41) is 8.84. The van der Waals surface area contributed by atoms with Gasteiger partial charge in [-0.05, 0) is 19.1 Å². The number of hydrogen-bond acceptors (Lipinski definition) is 4. The van der Waals surface area contributed by atoms with E-state index in [1.165, 1.54) is 12.2 Å². The molecule has 0 saturated heterocycles. The number of ketones is 2. The zero-order valence-electron chi connectivity index (χ0n) is 8.60. The first kappa shape index (κ1) is 10.8. The van der Waals surface area contributed by atoms with Gasteiger partial charge in [0.1, 0.15) is 0 Å². The normalized spacial score (nSPS) is 29.3. The molecule has 0 aromatic carbocycles. The largest absolute Gasteiger partial charge is 0.479 e. The molecule has 2 atom stereocenters. The summed E-state index contributed by atoms with van der Waals surface area (Å²) in [5.74, 6) is -1.69. The number of carbonyl (C=O) groups is 3. The van der Waals surface area contributed by atoms with Crippen molar-refractivity contribution in [1.29, 1.82) is 0 Å². The van der Waals surface area contributed by atoms with Gasteiger partial charge in [-0.25, -0.2) is 4.79 Å². The summed E-state index contributed by atoms with van der Waals surface area (Å²) in [6.45, 7) is 1.58. The second-order valence-electron chi connectivity index (χ2n) is 3.76. The monoisotopic (exact) mass is 222 g/mol. The maximum absolute atomic E-state index is 11.5. The van der Waals surface area contributed by atoms with Crippen LogP contribution >= 0.6 is 0 Å². The molecule has 1 aliphatic carbocycles. The predicted molar refractivity (Wildman–Crippen MR) is 52.8 cm³/mol. The van der Waals surface area contributed by atoms with Crippen molar-refractivity contribution in [2.75, 3.05) is 0 Å². The lowest BCUT2D eigenvalue weighted by atomic mass is 9.86. The van der Waals surface area contributed by atoms with Crippen LogP contribution in [-0.2, 0) is 19.1 Å². The van der Waals surface area contributed by atoms with E-state index >= 15 is 0 Å². The molecular weight excluding hydrogens is 212 g/mol. The van der Waals surface area contributed by atoms with Gasteiger partial charge in [-0.15, -0.1) is 0 Å². The van der Waals surface area contributed by atoms with Gasteiger partial charge in [0.15, 0.2) is 17.7 Å². The van der Waals surface area contributed by atoms with Gasteiger partial charge in [0, 0.05) is 17.6 Å². The summed E-state index contributed by atoms with van der Waals surface area (Å²) in [6.07, 6.45) is 0.646. The first-order chi connectivity index (χ1) is 7.50. The first-order valence-corrected chi connectivity index (χ1v) is 4.88. The summed E-state index contributed by atoms with van der Waals surface area (Å²) in [5.41, 5.74) is 0.573. The van der Waals surface area contributed by atoms with E-state index in [0.717, 1.165) is 0 Å². The van der Waals surface area contributed by atoms with Crippen LogP contribution in [0.4, 0.5) is 0 Å². The van der Waals surface area contributed by atoms with E-state index in [1.807, 2.05) is 0 Å². The highest BCUT2D eigenvalue weighted by atomic mass is 16.5. The number of ether oxygens (including phenoxy) is 1. The molecule has 1 heterocycles. The number of rotatable bonds is 1. The number of carboxylic acid groups (broad SMARTS) is 1. The molecule has 2 aliphatic rings. The fraction of sp³-hybridized carbons (Fsp3) is 0.364. The Labute approximate surface area is 91.4 Å². The predicted octanol–water partition coefficient (Wildman–Crippen LogP) is 0.253. The zero-order valence-corrected chi connectivity index (χ0v) is 8.60. The maximum atomic E-state index is 11.5. The van der Waals surface area contributed by atoms with Gasteiger partial charge < -0.3 is 9.84 Å². The highest BCUT2D eigenvalue weighted by Crippen LogP contribution is 2.29. The smallest absolute Gasteiger partial charge is 0.333 e. The molecule has 0 aromatic rings. The van der Waals surface area contributed by atoms with Crippen molar-refractivity contribution in [2.45, 2.75) is 25.6 Å². The minimum Gasteiger partial charge on any atom is -0.479 e. The molecule has 16 heavy (non-hydrogen) atoms. The molecule has 1 aliphatic heterocycles. The molecular formula is C11H10O5. The van der Waals surface area contributed by atoms with Crippen LogP contribution in [-0.4, -0.2) is 34.9 Å². The average molecular weight is 222 g/mol. The SMILES string of the molecule is CC1OC(C(=O)O)CC2=C1C(=O)C=CC2=O. The summed E-state index contributed by atoms with van der Waals surface area (Å²) in [6, 6.07) is 0. The summed E-state index contributed by atoms with van der Waals surface area (Å²) < 4.78 is 5.17. The topological polar surface area (TPSA) is 80.7 Å². The molecule has 5 heteroatoms. The van der Waals surface area contributed by atoms with Crippen molar-refractivity contribution in [3.05, 3.63) is 23.3 Å². The fourth-order valence-corrected chi connectivity index (χ4v) is 1.97. The van der Waals surface area contributed by atoms with Crippen molar-refractivity contribution in [1.82, 2.24) is 0 Å². The summed E-state index contributed by atoms with van der Waals surface area (Å²) in [7, 11) is 0. The first-order valence-electron chi connectivity index (χ1n) is 4.88. The molecule has 0 spiro atoms. The van der Waals surface area contributed by atoms with Crippen LogP contribution in [0.1, 0.15) is 13.3 Å². The van der Waals surface area contributed by atoms with Crippen molar-refractivity contribution in [2.24, 2.45) is 0 Å². The minimum atomic E-state index is -1.12. The Hall–Kier alpha value is -1.75. The third-order valence-corrected chi connectivity index (χ3v) is 2.71. The highest BCUT2D eigenvalue weighted by Gasteiger charge is 2.37. The van der Waals surface area contributed by atoms with E-state index < -0.39 is 18.2 Å². The van der Waals surface area contributed by atoms with Gasteiger partial charge in [0.2, 0.25) is 0 Å². The van der Waals surface area contributed by atoms with Gasteiger partial charge in [0.05, 0.1) is 6.10 Å². The minimum absolute atomic E-state index is 0.0378. The second-order valence-corrected chi connectivity index (χ2v) is 3.76. The molecule has 0 aromatic heterocycles. The van der Waals surface area contributed by atoms with Gasteiger partial charge in [-0.3, -0.25) is 9.59 Å². The molecule has 84 valence electrons. The average Bonchev–Trinajstić information content (AvgIpc) is 2.22. The van der Waals surface area contributed by atoms with Gasteiger partial charge in [-0.1, -0.05) is 0 Å². The lowest BCUT2D eigenvalue weighted by molar-refractivity contribution is -0.154. The highest BCUT2D eigenvalue weighted by molar-refractivity contribution is 6.20. The molecule has 2 rings (SSSR count). The summed E-state index contributed by atoms with van der Waals surface area (Å²) in [4.78, 5) is 33.9. The lowest BCUT2D eigenvalue weighted by Gasteiger charge is -2.29. The fourth-order valence-electron chi connectivity index (χ4n) is 1.97. The Bertz CT molecular complexity index is 443. The van der Waals surface area contributed by atoms with E-state index in [-0.39, 0.29) is 23.6 Å². The Balaban J connectivity index is 2.41.